The fraction of sp³-hybridized carbons (Fsp3) is 0.182. The highest BCUT2D eigenvalue weighted by atomic mass is 16.5. The van der Waals surface area contributed by atoms with Gasteiger partial charge in [0.05, 0.1) is 17.8 Å². The summed E-state index contributed by atoms with van der Waals surface area (Å²) in [5, 5.41) is 5.34. The van der Waals surface area contributed by atoms with Crippen LogP contribution in [-0.2, 0) is 17.8 Å². The zero-order valence-corrected chi connectivity index (χ0v) is 15.1. The average Bonchev–Trinajstić information content (AvgIpc) is 3.23. The van der Waals surface area contributed by atoms with Gasteiger partial charge in [0.15, 0.2) is 0 Å². The molecular weight excluding hydrogens is 336 g/mol. The second-order valence-electron chi connectivity index (χ2n) is 6.50. The van der Waals surface area contributed by atoms with Gasteiger partial charge in [0.2, 0.25) is 0 Å². The number of fused-ring (bicyclic) bond motifs is 1. The molecule has 5 nitrogen and oxygen atoms in total. The highest BCUT2D eigenvalue weighted by Gasteiger charge is 2.06. The van der Waals surface area contributed by atoms with Crippen molar-refractivity contribution in [2.45, 2.75) is 19.4 Å². The summed E-state index contributed by atoms with van der Waals surface area (Å²) >= 11 is 0. The van der Waals surface area contributed by atoms with Crippen molar-refractivity contribution in [1.82, 2.24) is 14.8 Å². The smallest absolute Gasteiger partial charge is 0.127 e. The number of aromatic nitrogens is 3. The number of nitrogens with two attached hydrogens (primary N) is 1. The highest BCUT2D eigenvalue weighted by Crippen LogP contribution is 2.22. The number of pyridine rings is 1. The summed E-state index contributed by atoms with van der Waals surface area (Å²) in [5.41, 5.74) is 10.3. The predicted octanol–water partition coefficient (Wildman–Crippen LogP) is 4.15. The van der Waals surface area contributed by atoms with E-state index >= 15 is 0 Å². The molecule has 0 aliphatic carbocycles. The Morgan fingerprint density at radius 3 is 2.70 bits per heavy atom. The van der Waals surface area contributed by atoms with Crippen LogP contribution in [0.25, 0.3) is 16.6 Å². The molecule has 0 amide bonds. The number of hydrogen-bond donors (Lipinski definition) is 1. The zero-order chi connectivity index (χ0) is 18.5. The van der Waals surface area contributed by atoms with Crippen molar-refractivity contribution in [2.75, 3.05) is 12.3 Å². The molecule has 2 heterocycles. The fourth-order valence-electron chi connectivity index (χ4n) is 3.11. The van der Waals surface area contributed by atoms with Crippen LogP contribution in [0.3, 0.4) is 0 Å². The lowest BCUT2D eigenvalue weighted by atomic mass is 10.1. The summed E-state index contributed by atoms with van der Waals surface area (Å²) in [5.74, 6) is 0.586. The molecule has 136 valence electrons. The molecule has 2 aromatic carbocycles. The molecule has 2 N–H and O–H groups in total. The van der Waals surface area contributed by atoms with E-state index in [4.69, 9.17) is 10.5 Å². The molecule has 0 aliphatic rings. The van der Waals surface area contributed by atoms with Gasteiger partial charge >= 0.3 is 0 Å². The Labute approximate surface area is 158 Å². The Morgan fingerprint density at radius 2 is 1.89 bits per heavy atom. The number of nitrogens with zero attached hydrogens (tertiary/aromatic N) is 3. The van der Waals surface area contributed by atoms with E-state index < -0.39 is 0 Å². The van der Waals surface area contributed by atoms with Crippen LogP contribution >= 0.6 is 0 Å². The van der Waals surface area contributed by atoms with E-state index in [0.717, 1.165) is 35.0 Å². The second kappa shape index (κ2) is 8.01. The van der Waals surface area contributed by atoms with Crippen LogP contribution in [0.5, 0.6) is 0 Å². The first-order valence-electron chi connectivity index (χ1n) is 9.10. The van der Waals surface area contributed by atoms with Crippen molar-refractivity contribution < 1.29 is 4.74 Å². The molecule has 0 spiro atoms. The third kappa shape index (κ3) is 4.15. The largest absolute Gasteiger partial charge is 0.383 e. The maximum absolute atomic E-state index is 6.19. The summed E-state index contributed by atoms with van der Waals surface area (Å²) in [6.45, 7) is 1.34. The summed E-state index contributed by atoms with van der Waals surface area (Å²) in [4.78, 5) is 4.59. The maximum Gasteiger partial charge on any atom is 0.127 e. The number of nitrogen functional groups attached to an aromatic ring is 1. The van der Waals surface area contributed by atoms with Gasteiger partial charge in [-0.2, -0.15) is 5.10 Å². The molecule has 0 fully saturated rings. The summed E-state index contributed by atoms with van der Waals surface area (Å²) < 4.78 is 7.57. The van der Waals surface area contributed by atoms with E-state index in [1.165, 1.54) is 5.56 Å². The first-order valence-corrected chi connectivity index (χ1v) is 9.10. The van der Waals surface area contributed by atoms with Crippen molar-refractivity contribution in [2.24, 2.45) is 0 Å². The molecule has 0 saturated heterocycles. The van der Waals surface area contributed by atoms with Gasteiger partial charge in [-0.15, -0.1) is 0 Å². The molecular formula is C22H22N4O. The van der Waals surface area contributed by atoms with Crippen LogP contribution in [-0.4, -0.2) is 21.4 Å². The molecule has 5 heteroatoms. The van der Waals surface area contributed by atoms with E-state index in [2.05, 4.69) is 34.3 Å². The van der Waals surface area contributed by atoms with Crippen LogP contribution in [0.4, 0.5) is 5.82 Å². The fourth-order valence-corrected chi connectivity index (χ4v) is 3.11. The van der Waals surface area contributed by atoms with Crippen molar-refractivity contribution in [1.29, 1.82) is 0 Å². The first-order chi connectivity index (χ1) is 13.3. The normalized spacial score (nSPS) is 11.1. The number of anilines is 1. The maximum atomic E-state index is 6.19. The van der Waals surface area contributed by atoms with Crippen molar-refractivity contribution in [3.8, 4) is 5.69 Å². The van der Waals surface area contributed by atoms with E-state index in [9.17, 15) is 0 Å². The lowest BCUT2D eigenvalue weighted by Gasteiger charge is -2.09. The molecule has 4 aromatic rings. The molecule has 0 atom stereocenters. The standard InChI is InChI=1S/C22H22N4O/c23-22-19(8-4-13-27-16-17-6-2-1-3-7-17)14-18-9-10-20(15-21(18)25-22)26-12-5-11-24-26/h1-3,5-7,9-12,14-15H,4,8,13,16H2,(H2,23,25). The van der Waals surface area contributed by atoms with Crippen molar-refractivity contribution in [3.63, 3.8) is 0 Å². The minimum Gasteiger partial charge on any atom is -0.383 e. The van der Waals surface area contributed by atoms with Crippen molar-refractivity contribution in [3.05, 3.63) is 84.2 Å². The molecule has 27 heavy (non-hydrogen) atoms. The number of benzene rings is 2. The molecule has 4 rings (SSSR count). The van der Waals surface area contributed by atoms with E-state index in [1.54, 1.807) is 6.20 Å². The topological polar surface area (TPSA) is 66.0 Å². The van der Waals surface area contributed by atoms with Crippen LogP contribution in [0.1, 0.15) is 17.5 Å². The Balaban J connectivity index is 1.38. The highest BCUT2D eigenvalue weighted by molar-refractivity contribution is 5.83. The van der Waals surface area contributed by atoms with Crippen LogP contribution in [0.2, 0.25) is 0 Å². The Bertz CT molecular complexity index is 1010. The number of ether oxygens (including phenoxy) is 1. The minimum absolute atomic E-state index is 0.586. The number of aryl methyl sites for hydroxylation is 1. The second-order valence-corrected chi connectivity index (χ2v) is 6.50. The average molecular weight is 358 g/mol. The quantitative estimate of drug-likeness (QED) is 0.504. The van der Waals surface area contributed by atoms with Gasteiger partial charge in [0, 0.05) is 24.4 Å². The molecule has 0 unspecified atom stereocenters. The molecule has 0 saturated carbocycles. The third-order valence-electron chi connectivity index (χ3n) is 4.53. The minimum atomic E-state index is 0.586. The molecule has 0 radical (unpaired) electrons. The van der Waals surface area contributed by atoms with Gasteiger partial charge in [-0.3, -0.25) is 0 Å². The third-order valence-corrected chi connectivity index (χ3v) is 4.53. The van der Waals surface area contributed by atoms with E-state index in [1.807, 2.05) is 47.3 Å². The first kappa shape index (κ1) is 17.2. The number of hydrogen-bond acceptors (Lipinski definition) is 4. The van der Waals surface area contributed by atoms with Crippen LogP contribution < -0.4 is 5.73 Å². The van der Waals surface area contributed by atoms with E-state index in [0.29, 0.717) is 19.0 Å². The molecule has 2 aromatic heterocycles. The van der Waals surface area contributed by atoms with Gasteiger partial charge in [-0.25, -0.2) is 9.67 Å². The van der Waals surface area contributed by atoms with Crippen LogP contribution in [0, 0.1) is 0 Å². The molecule has 0 bridgehead atoms. The van der Waals surface area contributed by atoms with Crippen molar-refractivity contribution >= 4 is 16.7 Å². The lowest BCUT2D eigenvalue weighted by Crippen LogP contribution is -2.02. The van der Waals surface area contributed by atoms with Gasteiger partial charge in [0.1, 0.15) is 5.82 Å². The zero-order valence-electron chi connectivity index (χ0n) is 15.1. The monoisotopic (exact) mass is 358 g/mol. The number of rotatable bonds is 7. The Kier molecular flexibility index (Phi) is 5.12. The summed E-state index contributed by atoms with van der Waals surface area (Å²) in [6.07, 6.45) is 5.43. The van der Waals surface area contributed by atoms with Gasteiger partial charge < -0.3 is 10.5 Å². The van der Waals surface area contributed by atoms with Crippen LogP contribution in [0.15, 0.2) is 73.1 Å². The summed E-state index contributed by atoms with van der Waals surface area (Å²) in [7, 11) is 0. The Morgan fingerprint density at radius 1 is 1.00 bits per heavy atom. The van der Waals surface area contributed by atoms with Gasteiger partial charge in [-0.05, 0) is 48.2 Å². The predicted molar refractivity (Wildman–Crippen MR) is 108 cm³/mol. The van der Waals surface area contributed by atoms with Gasteiger partial charge in [0.25, 0.3) is 0 Å². The van der Waals surface area contributed by atoms with E-state index in [-0.39, 0.29) is 0 Å². The van der Waals surface area contributed by atoms with Gasteiger partial charge in [-0.1, -0.05) is 36.4 Å². The SMILES string of the molecule is Nc1nc2cc(-n3cccn3)ccc2cc1CCCOCc1ccccc1. The lowest BCUT2D eigenvalue weighted by molar-refractivity contribution is 0.119. The Hall–Kier alpha value is -3.18. The molecule has 0 aliphatic heterocycles. The summed E-state index contributed by atoms with van der Waals surface area (Å²) in [6, 6.07) is 20.3.